The molecule has 0 radical (unpaired) electrons. The summed E-state index contributed by atoms with van der Waals surface area (Å²) in [7, 11) is 0. The predicted octanol–water partition coefficient (Wildman–Crippen LogP) is 2.42. The normalized spacial score (nSPS) is 31.9. The SMILES string of the molecule is O=C(NC1CCCC(NC(=O)N2CCN(C3CCCCN3)CC2)C1)C1CCCCC1. The third kappa shape index (κ3) is 5.88. The van der Waals surface area contributed by atoms with Gasteiger partial charge < -0.3 is 20.9 Å². The van der Waals surface area contributed by atoms with E-state index >= 15 is 0 Å². The molecule has 3 unspecified atom stereocenters. The second kappa shape index (κ2) is 10.8. The Hall–Kier alpha value is -1.34. The van der Waals surface area contributed by atoms with Crippen LogP contribution < -0.4 is 16.0 Å². The second-order valence-electron chi connectivity index (χ2n) is 9.84. The van der Waals surface area contributed by atoms with Crippen molar-refractivity contribution in [2.24, 2.45) is 5.92 Å². The van der Waals surface area contributed by atoms with E-state index in [0.717, 1.165) is 71.2 Å². The smallest absolute Gasteiger partial charge is 0.317 e. The van der Waals surface area contributed by atoms with Crippen LogP contribution in [-0.4, -0.2) is 72.7 Å². The lowest BCUT2D eigenvalue weighted by Gasteiger charge is -2.41. The number of urea groups is 1. The standard InChI is InChI=1S/C23H41N5O2/c29-22(18-7-2-1-3-8-18)25-19-9-6-10-20(17-19)26-23(30)28-15-13-27(14-16-28)21-11-4-5-12-24-21/h18-21,24H,1-17H2,(H,25,29)(H,26,30). The molecule has 0 aromatic carbocycles. The van der Waals surface area contributed by atoms with Gasteiger partial charge in [0.1, 0.15) is 0 Å². The summed E-state index contributed by atoms with van der Waals surface area (Å²) in [4.78, 5) is 29.9. The topological polar surface area (TPSA) is 76.7 Å². The van der Waals surface area contributed by atoms with E-state index < -0.39 is 0 Å². The van der Waals surface area contributed by atoms with E-state index in [1.807, 2.05) is 4.90 Å². The molecule has 170 valence electrons. The second-order valence-corrected chi connectivity index (χ2v) is 9.84. The molecule has 2 aliphatic heterocycles. The van der Waals surface area contributed by atoms with Gasteiger partial charge in [-0.15, -0.1) is 0 Å². The van der Waals surface area contributed by atoms with Crippen LogP contribution in [0.3, 0.4) is 0 Å². The van der Waals surface area contributed by atoms with Gasteiger partial charge in [0.05, 0.1) is 6.17 Å². The van der Waals surface area contributed by atoms with Gasteiger partial charge in [-0.05, 0) is 64.3 Å². The zero-order chi connectivity index (χ0) is 20.8. The average molecular weight is 420 g/mol. The first-order valence-corrected chi connectivity index (χ1v) is 12.5. The first-order chi connectivity index (χ1) is 14.7. The lowest BCUT2D eigenvalue weighted by Crippen LogP contribution is -2.59. The fraction of sp³-hybridized carbons (Fsp3) is 0.913. The van der Waals surface area contributed by atoms with E-state index in [1.54, 1.807) is 0 Å². The minimum Gasteiger partial charge on any atom is -0.353 e. The van der Waals surface area contributed by atoms with E-state index in [4.69, 9.17) is 0 Å². The van der Waals surface area contributed by atoms with Crippen LogP contribution in [0.4, 0.5) is 4.79 Å². The van der Waals surface area contributed by atoms with Crippen LogP contribution in [0.25, 0.3) is 0 Å². The van der Waals surface area contributed by atoms with E-state index in [-0.39, 0.29) is 29.9 Å². The zero-order valence-electron chi connectivity index (χ0n) is 18.5. The number of hydrogen-bond acceptors (Lipinski definition) is 4. The third-order valence-electron chi connectivity index (χ3n) is 7.65. The summed E-state index contributed by atoms with van der Waals surface area (Å²) in [6.45, 7) is 4.63. The van der Waals surface area contributed by atoms with Crippen molar-refractivity contribution >= 4 is 11.9 Å². The fourth-order valence-corrected chi connectivity index (χ4v) is 5.78. The highest BCUT2D eigenvalue weighted by Crippen LogP contribution is 2.25. The molecule has 2 saturated carbocycles. The maximum atomic E-state index is 12.8. The summed E-state index contributed by atoms with van der Waals surface area (Å²) in [5, 5.41) is 10.2. The van der Waals surface area contributed by atoms with Crippen molar-refractivity contribution in [2.75, 3.05) is 32.7 Å². The zero-order valence-corrected chi connectivity index (χ0v) is 18.5. The van der Waals surface area contributed by atoms with Crippen molar-refractivity contribution in [3.8, 4) is 0 Å². The molecule has 2 aliphatic carbocycles. The van der Waals surface area contributed by atoms with Gasteiger partial charge in [-0.3, -0.25) is 9.69 Å². The molecular weight excluding hydrogens is 378 g/mol. The molecule has 0 aromatic rings. The van der Waals surface area contributed by atoms with Crippen LogP contribution in [0.2, 0.25) is 0 Å². The minimum atomic E-state index is 0.0792. The van der Waals surface area contributed by atoms with Crippen LogP contribution in [0, 0.1) is 5.92 Å². The Morgan fingerprint density at radius 3 is 2.13 bits per heavy atom. The summed E-state index contributed by atoms with van der Waals surface area (Å²) in [5.74, 6) is 0.461. The minimum absolute atomic E-state index is 0.0792. The Balaban J connectivity index is 1.18. The maximum Gasteiger partial charge on any atom is 0.317 e. The van der Waals surface area contributed by atoms with E-state index in [2.05, 4.69) is 20.9 Å². The molecule has 0 bridgehead atoms. The molecule has 7 heteroatoms. The Morgan fingerprint density at radius 1 is 0.733 bits per heavy atom. The highest BCUT2D eigenvalue weighted by molar-refractivity contribution is 5.79. The number of piperazine rings is 1. The Bertz CT molecular complexity index is 566. The highest BCUT2D eigenvalue weighted by Gasteiger charge is 2.30. The van der Waals surface area contributed by atoms with Crippen LogP contribution in [0.15, 0.2) is 0 Å². The molecule has 3 atom stereocenters. The largest absolute Gasteiger partial charge is 0.353 e. The molecule has 3 N–H and O–H groups in total. The summed E-state index contributed by atoms with van der Waals surface area (Å²) < 4.78 is 0. The Labute approximate surface area is 181 Å². The lowest BCUT2D eigenvalue weighted by atomic mass is 9.87. The van der Waals surface area contributed by atoms with Crippen molar-refractivity contribution < 1.29 is 9.59 Å². The molecule has 7 nitrogen and oxygen atoms in total. The number of nitrogens with one attached hydrogen (secondary N) is 3. The first kappa shape index (κ1) is 21.9. The monoisotopic (exact) mass is 419 g/mol. The lowest BCUT2D eigenvalue weighted by molar-refractivity contribution is -0.126. The number of carbonyl (C=O) groups excluding carboxylic acids is 2. The molecule has 4 rings (SSSR count). The van der Waals surface area contributed by atoms with Crippen molar-refractivity contribution in [1.82, 2.24) is 25.8 Å². The summed E-state index contributed by atoms with van der Waals surface area (Å²) >= 11 is 0. The highest BCUT2D eigenvalue weighted by atomic mass is 16.2. The van der Waals surface area contributed by atoms with Gasteiger partial charge in [0, 0.05) is 44.2 Å². The molecule has 4 fully saturated rings. The third-order valence-corrected chi connectivity index (χ3v) is 7.65. The summed E-state index contributed by atoms with van der Waals surface area (Å²) in [5.41, 5.74) is 0. The Kier molecular flexibility index (Phi) is 7.88. The number of rotatable bonds is 4. The number of amides is 3. The van der Waals surface area contributed by atoms with E-state index in [0.29, 0.717) is 6.17 Å². The van der Waals surface area contributed by atoms with Crippen LogP contribution in [-0.2, 0) is 4.79 Å². The van der Waals surface area contributed by atoms with E-state index in [1.165, 1.54) is 38.5 Å². The molecule has 2 saturated heterocycles. The maximum absolute atomic E-state index is 12.8. The van der Waals surface area contributed by atoms with Gasteiger partial charge in [-0.25, -0.2) is 4.79 Å². The van der Waals surface area contributed by atoms with Crippen molar-refractivity contribution in [1.29, 1.82) is 0 Å². The molecule has 0 aromatic heterocycles. The number of hydrogen-bond donors (Lipinski definition) is 3. The quantitative estimate of drug-likeness (QED) is 0.654. The number of piperidine rings is 1. The van der Waals surface area contributed by atoms with Crippen molar-refractivity contribution in [3.05, 3.63) is 0 Å². The van der Waals surface area contributed by atoms with Gasteiger partial charge in [-0.1, -0.05) is 19.3 Å². The molecule has 0 spiro atoms. The van der Waals surface area contributed by atoms with E-state index in [9.17, 15) is 9.59 Å². The molecular formula is C23H41N5O2. The molecule has 3 amide bonds. The fourth-order valence-electron chi connectivity index (χ4n) is 5.78. The van der Waals surface area contributed by atoms with Crippen LogP contribution in [0.1, 0.15) is 77.0 Å². The van der Waals surface area contributed by atoms with Gasteiger partial charge in [0.25, 0.3) is 0 Å². The van der Waals surface area contributed by atoms with Crippen molar-refractivity contribution in [2.45, 2.75) is 95.3 Å². The van der Waals surface area contributed by atoms with Gasteiger partial charge in [0.2, 0.25) is 5.91 Å². The van der Waals surface area contributed by atoms with Crippen LogP contribution >= 0.6 is 0 Å². The molecule has 4 aliphatic rings. The molecule has 2 heterocycles. The van der Waals surface area contributed by atoms with Gasteiger partial charge in [0.15, 0.2) is 0 Å². The van der Waals surface area contributed by atoms with Crippen LogP contribution in [0.5, 0.6) is 0 Å². The Morgan fingerprint density at radius 2 is 1.43 bits per heavy atom. The summed E-state index contributed by atoms with van der Waals surface area (Å²) in [6, 6.07) is 0.476. The number of nitrogens with zero attached hydrogens (tertiary/aromatic N) is 2. The summed E-state index contributed by atoms with van der Waals surface area (Å²) in [6.07, 6.45) is 14.0. The van der Waals surface area contributed by atoms with Gasteiger partial charge in [-0.2, -0.15) is 0 Å². The van der Waals surface area contributed by atoms with Gasteiger partial charge >= 0.3 is 6.03 Å². The number of carbonyl (C=O) groups is 2. The molecule has 30 heavy (non-hydrogen) atoms. The first-order valence-electron chi connectivity index (χ1n) is 12.5. The predicted molar refractivity (Wildman–Crippen MR) is 118 cm³/mol. The van der Waals surface area contributed by atoms with Crippen molar-refractivity contribution in [3.63, 3.8) is 0 Å². The average Bonchev–Trinajstić information content (AvgIpc) is 2.80.